The molecule has 0 saturated carbocycles. The number of hydrogen-bond acceptors (Lipinski definition) is 4. The molecular formula is C18H20N4O2. The van der Waals surface area contributed by atoms with Crippen molar-refractivity contribution >= 4 is 23.2 Å². The van der Waals surface area contributed by atoms with Crippen molar-refractivity contribution in [2.75, 3.05) is 23.1 Å². The molecule has 24 heavy (non-hydrogen) atoms. The Morgan fingerprint density at radius 1 is 0.625 bits per heavy atom. The van der Waals surface area contributed by atoms with E-state index < -0.39 is 0 Å². The van der Waals surface area contributed by atoms with Crippen molar-refractivity contribution < 1.29 is 9.59 Å². The number of amides is 2. The van der Waals surface area contributed by atoms with Crippen LogP contribution in [0, 0.1) is 0 Å². The van der Waals surface area contributed by atoms with Crippen molar-refractivity contribution in [1.29, 1.82) is 0 Å². The summed E-state index contributed by atoms with van der Waals surface area (Å²) in [5.74, 6) is 0.192. The molecule has 0 bridgehead atoms. The number of benzene rings is 2. The molecule has 2 aromatic carbocycles. The van der Waals surface area contributed by atoms with Gasteiger partial charge in [0.1, 0.15) is 0 Å². The molecule has 0 unspecified atom stereocenters. The molecule has 2 N–H and O–H groups in total. The minimum Gasteiger partial charge on any atom is -0.285 e. The summed E-state index contributed by atoms with van der Waals surface area (Å²) in [5.41, 5.74) is 7.62. The Kier molecular flexibility index (Phi) is 4.96. The largest absolute Gasteiger partial charge is 0.285 e. The molecule has 2 aliphatic heterocycles. The first-order valence-electron chi connectivity index (χ1n) is 7.96. The fraction of sp³-hybridized carbons (Fsp3) is 0.222. The third-order valence-electron chi connectivity index (χ3n) is 3.78. The van der Waals surface area contributed by atoms with Gasteiger partial charge in [0.25, 0.3) is 0 Å². The molecule has 2 saturated heterocycles. The van der Waals surface area contributed by atoms with Gasteiger partial charge in [-0.1, -0.05) is 36.4 Å². The number of nitrogens with zero attached hydrogens (tertiary/aromatic N) is 2. The van der Waals surface area contributed by atoms with Gasteiger partial charge in [-0.2, -0.15) is 0 Å². The van der Waals surface area contributed by atoms with Crippen LogP contribution in [-0.2, 0) is 9.59 Å². The summed E-state index contributed by atoms with van der Waals surface area (Å²) in [6, 6.07) is 19.7. The molecule has 0 radical (unpaired) electrons. The van der Waals surface area contributed by atoms with E-state index in [1.54, 1.807) is 0 Å². The Balaban J connectivity index is 0.000000141. The minimum atomic E-state index is 0.0962. The molecule has 0 atom stereocenters. The van der Waals surface area contributed by atoms with Gasteiger partial charge in [-0.05, 0) is 24.3 Å². The van der Waals surface area contributed by atoms with Crippen molar-refractivity contribution in [1.82, 2.24) is 10.9 Å². The molecular weight excluding hydrogens is 304 g/mol. The van der Waals surface area contributed by atoms with Gasteiger partial charge >= 0.3 is 0 Å². The lowest BCUT2D eigenvalue weighted by atomic mass is 10.3. The molecule has 4 rings (SSSR count). The second kappa shape index (κ2) is 7.50. The first kappa shape index (κ1) is 15.9. The average molecular weight is 324 g/mol. The van der Waals surface area contributed by atoms with Crippen molar-refractivity contribution in [3.8, 4) is 0 Å². The topological polar surface area (TPSA) is 64.7 Å². The Hall–Kier alpha value is -3.02. The van der Waals surface area contributed by atoms with Crippen LogP contribution in [0.5, 0.6) is 0 Å². The summed E-state index contributed by atoms with van der Waals surface area (Å²) in [4.78, 5) is 21.7. The fourth-order valence-corrected chi connectivity index (χ4v) is 2.55. The summed E-state index contributed by atoms with van der Waals surface area (Å²) >= 11 is 0. The standard InChI is InChI=1S/2C9H10N2O/c2*12-9-6-7-11(10-9)8-4-2-1-3-5-8/h2*1-5H,6-7H2,(H,10,12). The molecule has 2 aliphatic rings. The van der Waals surface area contributed by atoms with Gasteiger partial charge in [0.2, 0.25) is 11.8 Å². The third kappa shape index (κ3) is 4.04. The molecule has 2 fully saturated rings. The van der Waals surface area contributed by atoms with E-state index in [1.165, 1.54) is 0 Å². The SMILES string of the molecule is O=C1CCN(c2ccccc2)N1.O=C1CCN(c2ccccc2)N1. The second-order valence-electron chi connectivity index (χ2n) is 5.54. The van der Waals surface area contributed by atoms with Gasteiger partial charge in [0.05, 0.1) is 11.4 Å². The maximum atomic E-state index is 10.9. The number of anilines is 2. The highest BCUT2D eigenvalue weighted by Gasteiger charge is 2.18. The van der Waals surface area contributed by atoms with Crippen LogP contribution in [0.1, 0.15) is 12.8 Å². The molecule has 2 amide bonds. The Morgan fingerprint density at radius 2 is 1.00 bits per heavy atom. The zero-order valence-corrected chi connectivity index (χ0v) is 13.3. The molecule has 2 heterocycles. The van der Waals surface area contributed by atoms with E-state index in [0.29, 0.717) is 12.8 Å². The summed E-state index contributed by atoms with van der Waals surface area (Å²) in [5, 5.41) is 3.73. The summed E-state index contributed by atoms with van der Waals surface area (Å²) < 4.78 is 0. The van der Waals surface area contributed by atoms with E-state index in [9.17, 15) is 9.59 Å². The quantitative estimate of drug-likeness (QED) is 0.885. The van der Waals surface area contributed by atoms with E-state index >= 15 is 0 Å². The zero-order chi connectivity index (χ0) is 16.8. The summed E-state index contributed by atoms with van der Waals surface area (Å²) in [6.45, 7) is 1.53. The molecule has 0 aromatic heterocycles. The molecule has 124 valence electrons. The van der Waals surface area contributed by atoms with Crippen LogP contribution in [-0.4, -0.2) is 24.9 Å². The number of rotatable bonds is 2. The van der Waals surface area contributed by atoms with E-state index in [2.05, 4.69) is 10.9 Å². The number of carbonyl (C=O) groups is 2. The first-order chi connectivity index (χ1) is 11.7. The smallest absolute Gasteiger partial charge is 0.240 e. The molecule has 0 spiro atoms. The predicted molar refractivity (Wildman–Crippen MR) is 93.1 cm³/mol. The number of carbonyl (C=O) groups excluding carboxylic acids is 2. The van der Waals surface area contributed by atoms with Crippen molar-refractivity contribution in [2.24, 2.45) is 0 Å². The third-order valence-corrected chi connectivity index (χ3v) is 3.78. The lowest BCUT2D eigenvalue weighted by Gasteiger charge is -2.16. The van der Waals surface area contributed by atoms with Crippen LogP contribution >= 0.6 is 0 Å². The van der Waals surface area contributed by atoms with Crippen LogP contribution in [0.3, 0.4) is 0 Å². The van der Waals surface area contributed by atoms with Gasteiger partial charge in [-0.3, -0.25) is 30.5 Å². The highest BCUT2D eigenvalue weighted by atomic mass is 16.2. The summed E-state index contributed by atoms with van der Waals surface area (Å²) in [7, 11) is 0. The number of nitrogens with one attached hydrogen (secondary N) is 2. The average Bonchev–Trinajstić information content (AvgIpc) is 3.26. The predicted octanol–water partition coefficient (Wildman–Crippen LogP) is 1.86. The number of hydrogen-bond donors (Lipinski definition) is 2. The van der Waals surface area contributed by atoms with Crippen LogP contribution in [0.15, 0.2) is 60.7 Å². The lowest BCUT2D eigenvalue weighted by Crippen LogP contribution is -2.32. The molecule has 0 aliphatic carbocycles. The van der Waals surface area contributed by atoms with E-state index in [1.807, 2.05) is 70.7 Å². The van der Waals surface area contributed by atoms with Gasteiger partial charge in [-0.25, -0.2) is 0 Å². The Morgan fingerprint density at radius 3 is 1.29 bits per heavy atom. The van der Waals surface area contributed by atoms with Crippen LogP contribution in [0.4, 0.5) is 11.4 Å². The van der Waals surface area contributed by atoms with Gasteiger partial charge in [-0.15, -0.1) is 0 Å². The van der Waals surface area contributed by atoms with Crippen LogP contribution in [0.2, 0.25) is 0 Å². The molecule has 6 nitrogen and oxygen atoms in total. The van der Waals surface area contributed by atoms with Gasteiger partial charge in [0, 0.05) is 25.9 Å². The fourth-order valence-electron chi connectivity index (χ4n) is 2.55. The first-order valence-corrected chi connectivity index (χ1v) is 7.96. The number of hydrazine groups is 2. The Bertz CT molecular complexity index is 629. The maximum absolute atomic E-state index is 10.9. The lowest BCUT2D eigenvalue weighted by molar-refractivity contribution is -0.119. The van der Waals surface area contributed by atoms with Crippen molar-refractivity contribution in [3.05, 3.63) is 60.7 Å². The van der Waals surface area contributed by atoms with E-state index in [0.717, 1.165) is 24.5 Å². The highest BCUT2D eigenvalue weighted by Crippen LogP contribution is 2.14. The van der Waals surface area contributed by atoms with Gasteiger partial charge < -0.3 is 0 Å². The van der Waals surface area contributed by atoms with Crippen LogP contribution in [0.25, 0.3) is 0 Å². The minimum absolute atomic E-state index is 0.0962. The van der Waals surface area contributed by atoms with E-state index in [-0.39, 0.29) is 11.8 Å². The van der Waals surface area contributed by atoms with Crippen molar-refractivity contribution in [3.63, 3.8) is 0 Å². The summed E-state index contributed by atoms with van der Waals surface area (Å²) in [6.07, 6.45) is 1.18. The molecule has 6 heteroatoms. The second-order valence-corrected chi connectivity index (χ2v) is 5.54. The Labute approximate surface area is 141 Å². The molecule has 2 aromatic rings. The van der Waals surface area contributed by atoms with Crippen LogP contribution < -0.4 is 20.9 Å². The highest BCUT2D eigenvalue weighted by molar-refractivity contribution is 5.82. The zero-order valence-electron chi connectivity index (χ0n) is 13.3. The van der Waals surface area contributed by atoms with Crippen molar-refractivity contribution in [2.45, 2.75) is 12.8 Å². The van der Waals surface area contributed by atoms with E-state index in [4.69, 9.17) is 0 Å². The van der Waals surface area contributed by atoms with Gasteiger partial charge in [0.15, 0.2) is 0 Å². The monoisotopic (exact) mass is 324 g/mol. The number of para-hydroxylation sites is 2. The normalized spacial score (nSPS) is 16.3. The maximum Gasteiger partial charge on any atom is 0.240 e.